The van der Waals surface area contributed by atoms with E-state index in [2.05, 4.69) is 69.6 Å². The smallest absolute Gasteiger partial charge is 0.0940 e. The zero-order valence-corrected chi connectivity index (χ0v) is 23.3. The first-order valence-electron chi connectivity index (χ1n) is 12.6. The third-order valence-corrected chi connectivity index (χ3v) is 7.05. The maximum atomic E-state index is 6.58. The average Bonchev–Trinajstić information content (AvgIpc) is 2.86. The molecule has 4 aromatic rings. The molecule has 3 nitrogen and oxygen atoms in total. The van der Waals surface area contributed by atoms with Gasteiger partial charge < -0.3 is 5.32 Å². The molecule has 1 unspecified atom stereocenters. The molecule has 0 aliphatic rings. The topological polar surface area (TPSA) is 37.8 Å². The molecule has 37 heavy (non-hydrogen) atoms. The van der Waals surface area contributed by atoms with Gasteiger partial charge in [0.1, 0.15) is 0 Å². The second-order valence-electron chi connectivity index (χ2n) is 9.77. The lowest BCUT2D eigenvalue weighted by Crippen LogP contribution is -2.16. The van der Waals surface area contributed by atoms with Gasteiger partial charge in [-0.1, -0.05) is 71.2 Å². The largest absolute Gasteiger partial charge is 0.379 e. The number of rotatable bonds is 10. The summed E-state index contributed by atoms with van der Waals surface area (Å²) in [6.07, 6.45) is 3.86. The number of halogens is 2. The molecular formula is C32H33Cl2N3. The van der Waals surface area contributed by atoms with E-state index in [1.54, 1.807) is 6.07 Å². The van der Waals surface area contributed by atoms with Crippen LogP contribution in [0.2, 0.25) is 10.0 Å². The first-order chi connectivity index (χ1) is 17.7. The Kier molecular flexibility index (Phi) is 8.68. The summed E-state index contributed by atoms with van der Waals surface area (Å²) in [6.45, 7) is 14.6. The monoisotopic (exact) mass is 529 g/mol. The normalized spacial score (nSPS) is 11.9. The Morgan fingerprint density at radius 3 is 2.38 bits per heavy atom. The number of fused-ring (bicyclic) bond motifs is 1. The highest BCUT2D eigenvalue weighted by Crippen LogP contribution is 2.33. The molecule has 0 saturated heterocycles. The number of nitrogens with zero attached hydrogens (tertiary/aromatic N) is 2. The highest BCUT2D eigenvalue weighted by atomic mass is 35.5. The molecule has 0 radical (unpaired) electrons. The molecule has 1 aromatic heterocycles. The molecule has 3 aromatic carbocycles. The Bertz CT molecular complexity index is 1440. The lowest BCUT2D eigenvalue weighted by Gasteiger charge is -2.18. The van der Waals surface area contributed by atoms with E-state index in [0.29, 0.717) is 10.0 Å². The summed E-state index contributed by atoms with van der Waals surface area (Å²) in [5.74, 6) is 0. The standard InChI is InChI=1S/C32H33Cl2N3/c1-20(2)8-6-7-9-30-32(27-16-15-26(33)19-28(27)34)37-29-17-14-25(18-31(29)36-30)23(5)35-22(4)24-12-10-21(3)11-13-24/h10-19,22,35H,1,5-9H2,2-4H3. The molecule has 4 rings (SSSR count). The van der Waals surface area contributed by atoms with Crippen LogP contribution in [0.15, 0.2) is 79.4 Å². The van der Waals surface area contributed by atoms with E-state index in [9.17, 15) is 0 Å². The number of aromatic nitrogens is 2. The van der Waals surface area contributed by atoms with Crippen LogP contribution in [0.1, 0.15) is 61.5 Å². The fraction of sp³-hybridized carbons (Fsp3) is 0.250. The number of benzene rings is 3. The predicted octanol–water partition coefficient (Wildman–Crippen LogP) is 9.52. The van der Waals surface area contributed by atoms with Crippen LogP contribution in [0.3, 0.4) is 0 Å². The van der Waals surface area contributed by atoms with Gasteiger partial charge in [0.15, 0.2) is 0 Å². The number of hydrogen-bond donors (Lipinski definition) is 1. The number of aryl methyl sites for hydroxylation is 2. The Morgan fingerprint density at radius 1 is 0.919 bits per heavy atom. The summed E-state index contributed by atoms with van der Waals surface area (Å²) < 4.78 is 0. The average molecular weight is 531 g/mol. The van der Waals surface area contributed by atoms with E-state index in [0.717, 1.165) is 64.9 Å². The van der Waals surface area contributed by atoms with Gasteiger partial charge in [0.2, 0.25) is 0 Å². The fourth-order valence-corrected chi connectivity index (χ4v) is 4.85. The van der Waals surface area contributed by atoms with E-state index in [-0.39, 0.29) is 6.04 Å². The van der Waals surface area contributed by atoms with Crippen molar-refractivity contribution in [2.45, 2.75) is 52.5 Å². The zero-order valence-electron chi connectivity index (χ0n) is 21.7. The molecule has 0 aliphatic heterocycles. The highest BCUT2D eigenvalue weighted by molar-refractivity contribution is 6.36. The minimum atomic E-state index is 0.133. The van der Waals surface area contributed by atoms with Crippen molar-refractivity contribution in [2.24, 2.45) is 0 Å². The molecule has 0 spiro atoms. The molecule has 5 heteroatoms. The second kappa shape index (κ2) is 11.9. The molecule has 0 amide bonds. The maximum Gasteiger partial charge on any atom is 0.0940 e. The summed E-state index contributed by atoms with van der Waals surface area (Å²) in [4.78, 5) is 10.1. The molecule has 0 fully saturated rings. The Morgan fingerprint density at radius 2 is 1.68 bits per heavy atom. The van der Waals surface area contributed by atoms with Crippen molar-refractivity contribution >= 4 is 39.9 Å². The zero-order chi connectivity index (χ0) is 26.5. The van der Waals surface area contributed by atoms with Crippen LogP contribution in [-0.2, 0) is 6.42 Å². The minimum absolute atomic E-state index is 0.133. The SMILES string of the molecule is C=C(C)CCCCc1nc2cc(C(=C)NC(C)c3ccc(C)cc3)ccc2nc1-c1ccc(Cl)cc1Cl. The van der Waals surface area contributed by atoms with Gasteiger partial charge in [-0.25, -0.2) is 9.97 Å². The van der Waals surface area contributed by atoms with Gasteiger partial charge in [-0.2, -0.15) is 0 Å². The van der Waals surface area contributed by atoms with Gasteiger partial charge in [0, 0.05) is 22.3 Å². The Balaban J connectivity index is 1.65. The molecule has 0 saturated carbocycles. The van der Waals surface area contributed by atoms with Crippen LogP contribution >= 0.6 is 23.2 Å². The van der Waals surface area contributed by atoms with Crippen LogP contribution in [-0.4, -0.2) is 9.97 Å². The first-order valence-corrected chi connectivity index (χ1v) is 13.4. The molecular weight excluding hydrogens is 497 g/mol. The van der Waals surface area contributed by atoms with Crippen molar-refractivity contribution in [1.29, 1.82) is 0 Å². The quantitative estimate of drug-likeness (QED) is 0.164. The van der Waals surface area contributed by atoms with E-state index in [1.807, 2.05) is 24.3 Å². The summed E-state index contributed by atoms with van der Waals surface area (Å²) in [5.41, 5.74) is 9.74. The fourth-order valence-electron chi connectivity index (χ4n) is 4.35. The number of allylic oxidation sites excluding steroid dienone is 1. The Hall–Kier alpha value is -3.14. The molecule has 1 heterocycles. The maximum absolute atomic E-state index is 6.58. The lowest BCUT2D eigenvalue weighted by molar-refractivity contribution is 0.701. The van der Waals surface area contributed by atoms with Gasteiger partial charge in [-0.3, -0.25) is 0 Å². The number of nitrogens with one attached hydrogen (secondary N) is 1. The summed E-state index contributed by atoms with van der Waals surface area (Å²) in [5, 5.41) is 4.70. The summed E-state index contributed by atoms with van der Waals surface area (Å²) >= 11 is 12.7. The van der Waals surface area contributed by atoms with Crippen molar-refractivity contribution in [3.05, 3.63) is 112 Å². The van der Waals surface area contributed by atoms with Crippen molar-refractivity contribution in [1.82, 2.24) is 15.3 Å². The molecule has 0 aliphatic carbocycles. The van der Waals surface area contributed by atoms with Crippen LogP contribution in [0.4, 0.5) is 0 Å². The van der Waals surface area contributed by atoms with Gasteiger partial charge in [0.25, 0.3) is 0 Å². The Labute approximate surface area is 230 Å². The summed E-state index contributed by atoms with van der Waals surface area (Å²) in [7, 11) is 0. The van der Waals surface area contributed by atoms with Gasteiger partial charge >= 0.3 is 0 Å². The van der Waals surface area contributed by atoms with Crippen LogP contribution in [0, 0.1) is 6.92 Å². The second-order valence-corrected chi connectivity index (χ2v) is 10.6. The van der Waals surface area contributed by atoms with E-state index in [1.165, 1.54) is 16.7 Å². The van der Waals surface area contributed by atoms with Crippen molar-refractivity contribution in [3.63, 3.8) is 0 Å². The summed E-state index contributed by atoms with van der Waals surface area (Å²) in [6, 6.07) is 20.3. The first kappa shape index (κ1) is 26.9. The van der Waals surface area contributed by atoms with Gasteiger partial charge in [-0.15, -0.1) is 6.58 Å². The minimum Gasteiger partial charge on any atom is -0.379 e. The molecule has 0 bridgehead atoms. The van der Waals surface area contributed by atoms with E-state index < -0.39 is 0 Å². The third kappa shape index (κ3) is 6.80. The molecule has 190 valence electrons. The van der Waals surface area contributed by atoms with Crippen molar-refractivity contribution in [2.75, 3.05) is 0 Å². The molecule has 1 N–H and O–H groups in total. The highest BCUT2D eigenvalue weighted by Gasteiger charge is 2.16. The number of unbranched alkanes of at least 4 members (excludes halogenated alkanes) is 1. The van der Waals surface area contributed by atoms with Crippen molar-refractivity contribution in [3.8, 4) is 11.3 Å². The van der Waals surface area contributed by atoms with E-state index in [4.69, 9.17) is 33.2 Å². The number of hydrogen-bond acceptors (Lipinski definition) is 3. The van der Waals surface area contributed by atoms with Crippen LogP contribution in [0.25, 0.3) is 28.0 Å². The molecule has 1 atom stereocenters. The van der Waals surface area contributed by atoms with Crippen LogP contribution in [0.5, 0.6) is 0 Å². The predicted molar refractivity (Wildman–Crippen MR) is 159 cm³/mol. The van der Waals surface area contributed by atoms with Gasteiger partial charge in [-0.05, 0) is 87.9 Å². The third-order valence-electron chi connectivity index (χ3n) is 6.51. The van der Waals surface area contributed by atoms with Crippen LogP contribution < -0.4 is 5.32 Å². The van der Waals surface area contributed by atoms with Crippen molar-refractivity contribution < 1.29 is 0 Å². The van der Waals surface area contributed by atoms with Gasteiger partial charge in [0.05, 0.1) is 27.4 Å². The van der Waals surface area contributed by atoms with E-state index >= 15 is 0 Å². The lowest BCUT2D eigenvalue weighted by atomic mass is 10.0.